The highest BCUT2D eigenvalue weighted by atomic mass is 16.5. The molecule has 0 spiro atoms. The fourth-order valence-electron chi connectivity index (χ4n) is 1.85. The summed E-state index contributed by atoms with van der Waals surface area (Å²) >= 11 is 0. The van der Waals surface area contributed by atoms with Gasteiger partial charge in [-0.05, 0) is 18.6 Å². The molecule has 5 heteroatoms. The Morgan fingerprint density at radius 3 is 3.00 bits per heavy atom. The van der Waals surface area contributed by atoms with Gasteiger partial charge in [-0.15, -0.1) is 0 Å². The molecule has 0 bridgehead atoms. The molecule has 1 unspecified atom stereocenters. The molecule has 17 heavy (non-hydrogen) atoms. The van der Waals surface area contributed by atoms with Crippen LogP contribution < -0.4 is 10.6 Å². The number of hydrogen-bond donors (Lipinski definition) is 2. The molecule has 1 aliphatic heterocycles. The van der Waals surface area contributed by atoms with E-state index in [2.05, 4.69) is 10.6 Å². The number of nitrogens with one attached hydrogen (secondary N) is 2. The third-order valence-corrected chi connectivity index (χ3v) is 2.64. The Balaban J connectivity index is 2.02. The average molecular weight is 234 g/mol. The number of carbonyl (C=O) groups excluding carboxylic acids is 2. The van der Waals surface area contributed by atoms with Crippen molar-refractivity contribution >= 4 is 17.7 Å². The topological polar surface area (TPSA) is 67.4 Å². The van der Waals surface area contributed by atoms with Crippen LogP contribution in [0.2, 0.25) is 0 Å². The Morgan fingerprint density at radius 2 is 2.24 bits per heavy atom. The van der Waals surface area contributed by atoms with Crippen molar-refractivity contribution in [1.29, 1.82) is 0 Å². The molecule has 1 aromatic carbocycles. The highest BCUT2D eigenvalue weighted by Crippen LogP contribution is 2.31. The van der Waals surface area contributed by atoms with Crippen LogP contribution in [0, 0.1) is 0 Å². The highest BCUT2D eigenvalue weighted by Gasteiger charge is 2.30. The second-order valence-electron chi connectivity index (χ2n) is 3.73. The van der Waals surface area contributed by atoms with Gasteiger partial charge in [0, 0.05) is 12.2 Å². The zero-order chi connectivity index (χ0) is 12.3. The molecule has 0 fully saturated rings. The van der Waals surface area contributed by atoms with Crippen LogP contribution in [-0.4, -0.2) is 25.2 Å². The Bertz CT molecular complexity index is 445. The van der Waals surface area contributed by atoms with Gasteiger partial charge in [0.15, 0.2) is 0 Å². The largest absolute Gasteiger partial charge is 0.450 e. The third kappa shape index (κ3) is 2.38. The van der Waals surface area contributed by atoms with Crippen LogP contribution in [0.15, 0.2) is 24.3 Å². The fourth-order valence-corrected chi connectivity index (χ4v) is 1.85. The lowest BCUT2D eigenvalue weighted by Crippen LogP contribution is -2.31. The summed E-state index contributed by atoms with van der Waals surface area (Å²) in [4.78, 5) is 22.9. The quantitative estimate of drug-likeness (QED) is 0.832. The van der Waals surface area contributed by atoms with Gasteiger partial charge in [0.2, 0.25) is 5.91 Å². The Labute approximate surface area is 99.2 Å². The summed E-state index contributed by atoms with van der Waals surface area (Å²) in [5.41, 5.74) is 1.72. The Hall–Kier alpha value is -2.04. The molecular formula is C12H14N2O3. The maximum atomic E-state index is 11.7. The van der Waals surface area contributed by atoms with Gasteiger partial charge < -0.3 is 15.4 Å². The van der Waals surface area contributed by atoms with Gasteiger partial charge in [0.05, 0.1) is 12.5 Å². The molecule has 0 saturated heterocycles. The fraction of sp³-hybridized carbons (Fsp3) is 0.333. The van der Waals surface area contributed by atoms with Crippen LogP contribution in [-0.2, 0) is 9.53 Å². The SMILES string of the molecule is CCOC(=O)NCC1C(=O)Nc2ccccc21. The molecule has 2 rings (SSSR count). The predicted molar refractivity (Wildman–Crippen MR) is 62.8 cm³/mol. The molecular weight excluding hydrogens is 220 g/mol. The van der Waals surface area contributed by atoms with Gasteiger partial charge in [-0.25, -0.2) is 4.79 Å². The summed E-state index contributed by atoms with van der Waals surface area (Å²) in [6.07, 6.45) is -0.496. The van der Waals surface area contributed by atoms with Gasteiger partial charge in [-0.2, -0.15) is 0 Å². The van der Waals surface area contributed by atoms with Crippen molar-refractivity contribution < 1.29 is 14.3 Å². The number of fused-ring (bicyclic) bond motifs is 1. The van der Waals surface area contributed by atoms with Gasteiger partial charge in [0.25, 0.3) is 0 Å². The first-order valence-corrected chi connectivity index (χ1v) is 5.52. The van der Waals surface area contributed by atoms with Crippen molar-refractivity contribution in [3.8, 4) is 0 Å². The van der Waals surface area contributed by atoms with Gasteiger partial charge in [-0.3, -0.25) is 4.79 Å². The maximum absolute atomic E-state index is 11.7. The van der Waals surface area contributed by atoms with E-state index in [-0.39, 0.29) is 18.4 Å². The number of ether oxygens (including phenoxy) is 1. The van der Waals surface area contributed by atoms with Gasteiger partial charge in [0.1, 0.15) is 0 Å². The lowest BCUT2D eigenvalue weighted by molar-refractivity contribution is -0.116. The second kappa shape index (κ2) is 4.86. The minimum atomic E-state index is -0.496. The zero-order valence-electron chi connectivity index (χ0n) is 9.53. The van der Waals surface area contributed by atoms with E-state index in [0.29, 0.717) is 6.61 Å². The van der Waals surface area contributed by atoms with E-state index in [1.165, 1.54) is 0 Å². The standard InChI is InChI=1S/C12H14N2O3/c1-2-17-12(16)13-7-9-8-5-3-4-6-10(8)14-11(9)15/h3-6,9H,2,7H2,1H3,(H,13,16)(H,14,15). The number of hydrogen-bond acceptors (Lipinski definition) is 3. The van der Waals surface area contributed by atoms with Crippen molar-refractivity contribution in [3.05, 3.63) is 29.8 Å². The number of benzene rings is 1. The van der Waals surface area contributed by atoms with E-state index in [0.717, 1.165) is 11.3 Å². The van der Waals surface area contributed by atoms with Gasteiger partial charge >= 0.3 is 6.09 Å². The predicted octanol–water partition coefficient (Wildman–Crippen LogP) is 1.47. The first-order chi connectivity index (χ1) is 8.22. The van der Waals surface area contributed by atoms with Crippen LogP contribution >= 0.6 is 0 Å². The summed E-state index contributed by atoms with van der Waals surface area (Å²) in [6, 6.07) is 7.46. The van der Waals surface area contributed by atoms with Crippen molar-refractivity contribution in [1.82, 2.24) is 5.32 Å². The molecule has 1 atom stereocenters. The summed E-state index contributed by atoms with van der Waals surface area (Å²) in [5.74, 6) is -0.432. The lowest BCUT2D eigenvalue weighted by atomic mass is 10.0. The molecule has 0 aliphatic carbocycles. The minimum Gasteiger partial charge on any atom is -0.450 e. The molecule has 0 aromatic heterocycles. The minimum absolute atomic E-state index is 0.0944. The number of para-hydroxylation sites is 1. The highest BCUT2D eigenvalue weighted by molar-refractivity contribution is 6.03. The number of carbonyl (C=O) groups is 2. The summed E-state index contributed by atoms with van der Waals surface area (Å²) in [6.45, 7) is 2.30. The number of anilines is 1. The normalized spacial score (nSPS) is 17.2. The van der Waals surface area contributed by atoms with E-state index in [1.54, 1.807) is 6.92 Å². The molecule has 5 nitrogen and oxygen atoms in total. The van der Waals surface area contributed by atoms with Crippen LogP contribution in [0.3, 0.4) is 0 Å². The molecule has 90 valence electrons. The van der Waals surface area contributed by atoms with Crippen LogP contribution in [0.1, 0.15) is 18.4 Å². The van der Waals surface area contributed by atoms with Crippen molar-refractivity contribution in [2.75, 3.05) is 18.5 Å². The van der Waals surface area contributed by atoms with Crippen LogP contribution in [0.5, 0.6) is 0 Å². The summed E-state index contributed by atoms with van der Waals surface area (Å²) < 4.78 is 4.74. The Morgan fingerprint density at radius 1 is 1.47 bits per heavy atom. The molecule has 2 amide bonds. The van der Waals surface area contributed by atoms with Crippen LogP contribution in [0.4, 0.5) is 10.5 Å². The van der Waals surface area contributed by atoms with E-state index in [1.807, 2.05) is 24.3 Å². The van der Waals surface area contributed by atoms with Crippen molar-refractivity contribution in [2.24, 2.45) is 0 Å². The third-order valence-electron chi connectivity index (χ3n) is 2.64. The zero-order valence-corrected chi connectivity index (χ0v) is 9.53. The van der Waals surface area contributed by atoms with Crippen LogP contribution in [0.25, 0.3) is 0 Å². The molecule has 0 saturated carbocycles. The monoisotopic (exact) mass is 234 g/mol. The number of amides is 2. The molecule has 2 N–H and O–H groups in total. The average Bonchev–Trinajstić information content (AvgIpc) is 2.62. The smallest absolute Gasteiger partial charge is 0.407 e. The summed E-state index contributed by atoms with van der Waals surface area (Å²) in [5, 5.41) is 5.35. The lowest BCUT2D eigenvalue weighted by Gasteiger charge is -2.10. The number of rotatable bonds is 3. The maximum Gasteiger partial charge on any atom is 0.407 e. The Kier molecular flexibility index (Phi) is 3.27. The van der Waals surface area contributed by atoms with Crippen molar-refractivity contribution in [2.45, 2.75) is 12.8 Å². The van der Waals surface area contributed by atoms with E-state index in [4.69, 9.17) is 4.74 Å². The molecule has 1 heterocycles. The van der Waals surface area contributed by atoms with Gasteiger partial charge in [-0.1, -0.05) is 18.2 Å². The molecule has 0 radical (unpaired) electrons. The van der Waals surface area contributed by atoms with E-state index < -0.39 is 6.09 Å². The first kappa shape index (κ1) is 11.4. The van der Waals surface area contributed by atoms with E-state index in [9.17, 15) is 9.59 Å². The second-order valence-corrected chi connectivity index (χ2v) is 3.73. The van der Waals surface area contributed by atoms with Crippen molar-refractivity contribution in [3.63, 3.8) is 0 Å². The number of alkyl carbamates (subject to hydrolysis) is 1. The van der Waals surface area contributed by atoms with E-state index >= 15 is 0 Å². The molecule has 1 aromatic rings. The first-order valence-electron chi connectivity index (χ1n) is 5.52. The molecule has 1 aliphatic rings. The summed E-state index contributed by atoms with van der Waals surface area (Å²) in [7, 11) is 0.